The lowest BCUT2D eigenvalue weighted by atomic mass is 9.91. The zero-order chi connectivity index (χ0) is 12.3. The van der Waals surface area contributed by atoms with Crippen molar-refractivity contribution in [1.82, 2.24) is 9.78 Å². The highest BCUT2D eigenvalue weighted by Crippen LogP contribution is 2.23. The van der Waals surface area contributed by atoms with Gasteiger partial charge in [-0.05, 0) is 30.0 Å². The van der Waals surface area contributed by atoms with Gasteiger partial charge < -0.3 is 5.11 Å². The van der Waals surface area contributed by atoms with Gasteiger partial charge in [-0.25, -0.2) is 0 Å². The number of aliphatic hydroxyl groups excluding tert-OH is 1. The Balaban J connectivity index is 2.20. The highest BCUT2D eigenvalue weighted by molar-refractivity contribution is 5.30. The van der Waals surface area contributed by atoms with Gasteiger partial charge in [-0.1, -0.05) is 24.3 Å². The molecule has 0 saturated carbocycles. The summed E-state index contributed by atoms with van der Waals surface area (Å²) in [7, 11) is 1.91. The van der Waals surface area contributed by atoms with Gasteiger partial charge in [0.2, 0.25) is 0 Å². The summed E-state index contributed by atoms with van der Waals surface area (Å²) in [5, 5.41) is 13.7. The molecule has 1 aromatic carbocycles. The monoisotopic (exact) mass is 230 g/mol. The van der Waals surface area contributed by atoms with Crippen molar-refractivity contribution in [3.05, 3.63) is 53.3 Å². The minimum Gasteiger partial charge on any atom is -0.396 e. The van der Waals surface area contributed by atoms with Gasteiger partial charge in [-0.2, -0.15) is 5.10 Å². The van der Waals surface area contributed by atoms with Crippen molar-refractivity contribution in [1.29, 1.82) is 0 Å². The Labute approximate surface area is 102 Å². The summed E-state index contributed by atoms with van der Waals surface area (Å²) in [4.78, 5) is 0. The van der Waals surface area contributed by atoms with Gasteiger partial charge in [0.1, 0.15) is 0 Å². The van der Waals surface area contributed by atoms with Crippen LogP contribution in [0.4, 0.5) is 0 Å². The summed E-state index contributed by atoms with van der Waals surface area (Å²) in [6.45, 7) is 2.25. The molecule has 0 aliphatic heterocycles. The third-order valence-electron chi connectivity index (χ3n) is 3.09. The molecule has 0 saturated heterocycles. The van der Waals surface area contributed by atoms with Crippen molar-refractivity contribution >= 4 is 0 Å². The Morgan fingerprint density at radius 1 is 1.35 bits per heavy atom. The van der Waals surface area contributed by atoms with E-state index in [0.29, 0.717) is 0 Å². The van der Waals surface area contributed by atoms with E-state index in [0.717, 1.165) is 12.0 Å². The third kappa shape index (κ3) is 2.74. The maximum Gasteiger partial charge on any atom is 0.0521 e. The first-order valence-corrected chi connectivity index (χ1v) is 5.84. The van der Waals surface area contributed by atoms with Gasteiger partial charge in [-0.3, -0.25) is 4.68 Å². The quantitative estimate of drug-likeness (QED) is 0.873. The lowest BCUT2D eigenvalue weighted by Crippen LogP contribution is -2.09. The molecule has 2 rings (SSSR count). The standard InChI is InChI=1S/C14H18N2O/c1-11-5-3-4-6-14(11)13(10-17)7-12-8-15-16(2)9-12/h3-6,8-9,13,17H,7,10H2,1-2H3. The van der Waals surface area contributed by atoms with Crippen LogP contribution in [0.3, 0.4) is 0 Å². The number of hydrogen-bond donors (Lipinski definition) is 1. The van der Waals surface area contributed by atoms with Crippen LogP contribution in [0.15, 0.2) is 36.7 Å². The minimum atomic E-state index is 0.153. The number of rotatable bonds is 4. The molecule has 3 heteroatoms. The lowest BCUT2D eigenvalue weighted by Gasteiger charge is -2.16. The van der Waals surface area contributed by atoms with Crippen LogP contribution in [-0.4, -0.2) is 21.5 Å². The molecule has 17 heavy (non-hydrogen) atoms. The molecule has 0 aliphatic carbocycles. The highest BCUT2D eigenvalue weighted by Gasteiger charge is 2.14. The largest absolute Gasteiger partial charge is 0.396 e. The van der Waals surface area contributed by atoms with Crippen molar-refractivity contribution in [2.24, 2.45) is 7.05 Å². The third-order valence-corrected chi connectivity index (χ3v) is 3.09. The molecule has 1 atom stereocenters. The first-order chi connectivity index (χ1) is 8.20. The number of aromatic nitrogens is 2. The summed E-state index contributed by atoms with van der Waals surface area (Å²) < 4.78 is 1.79. The van der Waals surface area contributed by atoms with Crippen LogP contribution >= 0.6 is 0 Å². The molecule has 0 radical (unpaired) electrons. The summed E-state index contributed by atoms with van der Waals surface area (Å²) in [5.74, 6) is 0.153. The van der Waals surface area contributed by atoms with Crippen LogP contribution in [-0.2, 0) is 13.5 Å². The molecule has 0 aliphatic rings. The number of aryl methyl sites for hydroxylation is 2. The highest BCUT2D eigenvalue weighted by atomic mass is 16.3. The molecule has 0 amide bonds. The van der Waals surface area contributed by atoms with E-state index in [4.69, 9.17) is 0 Å². The van der Waals surface area contributed by atoms with Gasteiger partial charge in [-0.15, -0.1) is 0 Å². The average molecular weight is 230 g/mol. The predicted octanol–water partition coefficient (Wildman–Crippen LogP) is 2.05. The smallest absolute Gasteiger partial charge is 0.0521 e. The molecular weight excluding hydrogens is 212 g/mol. The number of hydrogen-bond acceptors (Lipinski definition) is 2. The maximum atomic E-state index is 9.54. The van der Waals surface area contributed by atoms with E-state index in [9.17, 15) is 5.11 Å². The summed E-state index contributed by atoms with van der Waals surface area (Å²) in [5.41, 5.74) is 3.61. The Hall–Kier alpha value is -1.61. The fraction of sp³-hybridized carbons (Fsp3) is 0.357. The van der Waals surface area contributed by atoms with E-state index in [-0.39, 0.29) is 12.5 Å². The van der Waals surface area contributed by atoms with Crippen LogP contribution in [0.25, 0.3) is 0 Å². The van der Waals surface area contributed by atoms with Crippen LogP contribution in [0.5, 0.6) is 0 Å². The fourth-order valence-corrected chi connectivity index (χ4v) is 2.18. The van der Waals surface area contributed by atoms with E-state index >= 15 is 0 Å². The molecule has 2 aromatic rings. The molecule has 3 nitrogen and oxygen atoms in total. The maximum absolute atomic E-state index is 9.54. The molecule has 0 spiro atoms. The summed E-state index contributed by atoms with van der Waals surface area (Å²) in [6, 6.07) is 8.22. The second-order valence-electron chi connectivity index (χ2n) is 4.46. The van der Waals surface area contributed by atoms with E-state index in [1.165, 1.54) is 11.1 Å². The van der Waals surface area contributed by atoms with Gasteiger partial charge >= 0.3 is 0 Å². The molecule has 0 bridgehead atoms. The molecule has 0 fully saturated rings. The molecular formula is C14H18N2O. The second-order valence-corrected chi connectivity index (χ2v) is 4.46. The Kier molecular flexibility index (Phi) is 3.59. The Bertz CT molecular complexity index is 490. The van der Waals surface area contributed by atoms with E-state index in [1.807, 2.05) is 31.6 Å². The van der Waals surface area contributed by atoms with E-state index < -0.39 is 0 Å². The van der Waals surface area contributed by atoms with Gasteiger partial charge in [0.15, 0.2) is 0 Å². The zero-order valence-corrected chi connectivity index (χ0v) is 10.3. The van der Waals surface area contributed by atoms with Crippen molar-refractivity contribution < 1.29 is 5.11 Å². The normalized spacial score (nSPS) is 12.6. The SMILES string of the molecule is Cc1ccccc1C(CO)Cc1cnn(C)c1. The second kappa shape index (κ2) is 5.15. The predicted molar refractivity (Wildman–Crippen MR) is 67.9 cm³/mol. The molecule has 1 heterocycles. The van der Waals surface area contributed by atoms with Crippen molar-refractivity contribution in [2.45, 2.75) is 19.3 Å². The fourth-order valence-electron chi connectivity index (χ4n) is 2.18. The van der Waals surface area contributed by atoms with Crippen LogP contribution in [0.1, 0.15) is 22.6 Å². The van der Waals surface area contributed by atoms with Crippen molar-refractivity contribution in [2.75, 3.05) is 6.61 Å². The first kappa shape index (κ1) is 11.9. The Morgan fingerprint density at radius 3 is 2.71 bits per heavy atom. The lowest BCUT2D eigenvalue weighted by molar-refractivity contribution is 0.264. The number of benzene rings is 1. The molecule has 1 N–H and O–H groups in total. The van der Waals surface area contributed by atoms with Crippen LogP contribution in [0.2, 0.25) is 0 Å². The summed E-state index contributed by atoms with van der Waals surface area (Å²) >= 11 is 0. The van der Waals surface area contributed by atoms with E-state index in [1.54, 1.807) is 4.68 Å². The van der Waals surface area contributed by atoms with Gasteiger partial charge in [0.05, 0.1) is 12.8 Å². The van der Waals surface area contributed by atoms with E-state index in [2.05, 4.69) is 24.2 Å². The van der Waals surface area contributed by atoms with Crippen molar-refractivity contribution in [3.63, 3.8) is 0 Å². The first-order valence-electron chi connectivity index (χ1n) is 5.84. The Morgan fingerprint density at radius 2 is 2.12 bits per heavy atom. The van der Waals surface area contributed by atoms with Gasteiger partial charge in [0, 0.05) is 19.2 Å². The molecule has 90 valence electrons. The van der Waals surface area contributed by atoms with Crippen LogP contribution < -0.4 is 0 Å². The molecule has 1 unspecified atom stereocenters. The van der Waals surface area contributed by atoms with Crippen molar-refractivity contribution in [3.8, 4) is 0 Å². The number of nitrogens with zero attached hydrogens (tertiary/aromatic N) is 2. The van der Waals surface area contributed by atoms with Crippen LogP contribution in [0, 0.1) is 6.92 Å². The molecule has 1 aromatic heterocycles. The zero-order valence-electron chi connectivity index (χ0n) is 10.3. The minimum absolute atomic E-state index is 0.153. The topological polar surface area (TPSA) is 38.1 Å². The number of aliphatic hydroxyl groups is 1. The van der Waals surface area contributed by atoms with Gasteiger partial charge in [0.25, 0.3) is 0 Å². The average Bonchev–Trinajstić information content (AvgIpc) is 2.73. The summed E-state index contributed by atoms with van der Waals surface area (Å²) in [6.07, 6.45) is 4.69.